The van der Waals surface area contributed by atoms with Gasteiger partial charge in [0.2, 0.25) is 0 Å². The quantitative estimate of drug-likeness (QED) is 0.123. The van der Waals surface area contributed by atoms with Gasteiger partial charge in [-0.3, -0.25) is 13.7 Å². The van der Waals surface area contributed by atoms with Crippen molar-refractivity contribution in [2.45, 2.75) is 130 Å². The molecule has 0 amide bonds. The smallest absolute Gasteiger partial charge is 0.269 e. The molecule has 9 aromatic carbocycles. The average molecular weight is 1110 g/mol. The van der Waals surface area contributed by atoms with Gasteiger partial charge in [0.05, 0.1) is 40.3 Å². The molecule has 0 saturated heterocycles. The number of pyridine rings is 1. The number of hydrogen-bond acceptors (Lipinski definition) is 2. The van der Waals surface area contributed by atoms with Gasteiger partial charge in [-0.15, -0.1) is 0 Å². The van der Waals surface area contributed by atoms with Crippen molar-refractivity contribution in [1.82, 2.24) is 14.1 Å². The summed E-state index contributed by atoms with van der Waals surface area (Å²) in [4.78, 5) is 4.94. The molecule has 14 rings (SSSR count). The Kier molecular flexibility index (Phi) is 11.1. The molecule has 1 aliphatic carbocycles. The van der Waals surface area contributed by atoms with Crippen LogP contribution in [-0.2, 0) is 27.1 Å². The molecule has 0 unspecified atom stereocenters. The van der Waals surface area contributed by atoms with Gasteiger partial charge in [-0.25, -0.2) is 4.98 Å². The van der Waals surface area contributed by atoms with Crippen LogP contribution in [0.4, 0.5) is 0 Å². The Labute approximate surface area is 509 Å². The van der Waals surface area contributed by atoms with Crippen molar-refractivity contribution in [3.8, 4) is 84.3 Å². The van der Waals surface area contributed by atoms with E-state index in [-0.39, 0.29) is 44.7 Å². The number of imidazole rings is 1. The second kappa shape index (κ2) is 19.4. The van der Waals surface area contributed by atoms with E-state index in [1.807, 2.05) is 42.6 Å². The Morgan fingerprint density at radius 2 is 1.11 bits per heavy atom. The summed E-state index contributed by atoms with van der Waals surface area (Å²) in [6.45, 7) is 29.9. The van der Waals surface area contributed by atoms with Crippen LogP contribution in [0.3, 0.4) is 0 Å². The number of nitrogens with zero attached hydrogens (tertiary/aromatic N) is 4. The van der Waals surface area contributed by atoms with Crippen molar-refractivity contribution in [1.29, 1.82) is 0 Å². The molecular formula is C80H76N4O. The highest BCUT2D eigenvalue weighted by molar-refractivity contribution is 6.10. The fraction of sp³-hybridized carbons (Fsp3) is 0.250. The van der Waals surface area contributed by atoms with E-state index in [0.717, 1.165) is 102 Å². The zero-order valence-corrected chi connectivity index (χ0v) is 51.3. The molecule has 3 aromatic heterocycles. The summed E-state index contributed by atoms with van der Waals surface area (Å²) in [5, 5.41) is 2.21. The zero-order valence-electron chi connectivity index (χ0n) is 56.3. The SMILES string of the molecule is [2H]c1c([2H])c([2H])c(-c2cc3c4c(c2)n(-c2cccc(Oc5ccc6c7ccccc7n(-c7cc(C(C)(C)C)ccn7)c6c5)c2)[c-][n+]4-c2c(-c4ccc(C(C)(C)C)cc4)cc(C(C)(C)C)cc2-c2cc4c(cc2-c2ccccc2-3)C(C)(C)CCC4(C)C)c([2H])c1[2H]. The molecule has 422 valence electrons. The minimum atomic E-state index is -0.440. The van der Waals surface area contributed by atoms with Crippen LogP contribution < -0.4 is 9.30 Å². The Morgan fingerprint density at radius 3 is 1.80 bits per heavy atom. The summed E-state index contributed by atoms with van der Waals surface area (Å²) in [5.74, 6) is 2.07. The lowest BCUT2D eigenvalue weighted by Gasteiger charge is -2.42. The van der Waals surface area contributed by atoms with E-state index >= 15 is 0 Å². The first-order valence-corrected chi connectivity index (χ1v) is 30.1. The van der Waals surface area contributed by atoms with E-state index in [2.05, 4.69) is 237 Å². The number of para-hydroxylation sites is 1. The van der Waals surface area contributed by atoms with E-state index < -0.39 is 18.1 Å². The third-order valence-electron chi connectivity index (χ3n) is 18.4. The van der Waals surface area contributed by atoms with Crippen LogP contribution >= 0.6 is 0 Å². The van der Waals surface area contributed by atoms with Crippen LogP contribution in [-0.4, -0.2) is 14.1 Å². The maximum Gasteiger partial charge on any atom is 0.269 e. The minimum absolute atomic E-state index is 0.0765. The molecule has 0 bridgehead atoms. The first-order chi connectivity index (χ1) is 42.6. The van der Waals surface area contributed by atoms with Gasteiger partial charge in [0.25, 0.3) is 6.33 Å². The van der Waals surface area contributed by atoms with E-state index in [1.54, 1.807) is 0 Å². The molecule has 0 spiro atoms. The second-order valence-corrected chi connectivity index (χ2v) is 28.2. The normalized spacial score (nSPS) is 15.3. The number of rotatable bonds is 6. The maximum atomic E-state index is 9.50. The van der Waals surface area contributed by atoms with Gasteiger partial charge in [0.1, 0.15) is 17.3 Å². The summed E-state index contributed by atoms with van der Waals surface area (Å²) < 4.78 is 59.3. The monoisotopic (exact) mass is 1110 g/mol. The first kappa shape index (κ1) is 48.6. The van der Waals surface area contributed by atoms with Gasteiger partial charge in [-0.2, -0.15) is 0 Å². The van der Waals surface area contributed by atoms with Crippen LogP contribution in [0.2, 0.25) is 0 Å². The van der Waals surface area contributed by atoms with Crippen LogP contribution in [0.5, 0.6) is 11.5 Å². The lowest BCUT2D eigenvalue weighted by molar-refractivity contribution is -0.570. The highest BCUT2D eigenvalue weighted by Gasteiger charge is 2.39. The van der Waals surface area contributed by atoms with E-state index in [0.29, 0.717) is 22.6 Å². The van der Waals surface area contributed by atoms with Gasteiger partial charge in [-0.05, 0) is 184 Å². The number of aromatic nitrogens is 4. The molecule has 0 atom stereocenters. The lowest BCUT2D eigenvalue weighted by Crippen LogP contribution is -2.34. The molecule has 0 saturated carbocycles. The molecule has 0 fully saturated rings. The summed E-state index contributed by atoms with van der Waals surface area (Å²) in [6, 6.07) is 56.8. The van der Waals surface area contributed by atoms with Crippen molar-refractivity contribution < 1.29 is 16.2 Å². The number of benzene rings is 9. The summed E-state index contributed by atoms with van der Waals surface area (Å²) in [6.07, 6.45) is 8.03. The average Bonchev–Trinajstić information content (AvgIpc) is 1.47. The second-order valence-electron chi connectivity index (χ2n) is 28.2. The van der Waals surface area contributed by atoms with Crippen molar-refractivity contribution in [2.75, 3.05) is 0 Å². The molecule has 0 N–H and O–H groups in total. The van der Waals surface area contributed by atoms with Crippen LogP contribution in [0.25, 0.3) is 106 Å². The van der Waals surface area contributed by atoms with E-state index in [1.165, 1.54) is 27.8 Å². The van der Waals surface area contributed by atoms with Crippen molar-refractivity contribution >= 4 is 32.8 Å². The third kappa shape index (κ3) is 9.21. The molecule has 12 aromatic rings. The molecule has 5 heteroatoms. The summed E-state index contributed by atoms with van der Waals surface area (Å²) in [5.41, 5.74) is 19.7. The van der Waals surface area contributed by atoms with Crippen LogP contribution in [0, 0.1) is 6.33 Å². The highest BCUT2D eigenvalue weighted by atomic mass is 16.5. The molecular weight excluding hydrogens is 1030 g/mol. The van der Waals surface area contributed by atoms with Gasteiger partial charge in [-0.1, -0.05) is 217 Å². The molecule has 4 heterocycles. The number of hydrogen-bond donors (Lipinski definition) is 0. The standard InChI is InChI=1S/C80H76N4O/c1-76(2,3)53-32-30-51(31-33-53)63-42-55(78(7,8)9)43-67-65-48-69-68(79(10,11)37-38-80(69,12)13)47-64(65)59-26-17-18-27-60(59)66-40-52(50-22-15-14-16-23-50)41-72-75(66)83(74(63)67)49-82(72)56-24-21-25-57(45-56)85-58-34-35-62-61-28-19-20-29-70(61)84(71(62)46-58)73-44-54(36-39-81-73)77(4,5)6/h14-36,39-48H,37-38H2,1-13H3/i14D,15D,16D,22D,23D. The van der Waals surface area contributed by atoms with Crippen LogP contribution in [0.1, 0.15) is 138 Å². The Hall–Kier alpha value is -8.80. The van der Waals surface area contributed by atoms with Crippen molar-refractivity contribution in [3.05, 3.63) is 234 Å². The Morgan fingerprint density at radius 1 is 0.482 bits per heavy atom. The number of fused-ring (bicyclic) bond motifs is 11. The lowest BCUT2D eigenvalue weighted by atomic mass is 9.62. The van der Waals surface area contributed by atoms with Gasteiger partial charge < -0.3 is 4.74 Å². The molecule has 1 aliphatic heterocycles. The predicted octanol–water partition coefficient (Wildman–Crippen LogP) is 20.9. The Bertz CT molecular complexity index is 4950. The van der Waals surface area contributed by atoms with Crippen molar-refractivity contribution in [2.24, 2.45) is 0 Å². The fourth-order valence-corrected chi connectivity index (χ4v) is 13.3. The Balaban J connectivity index is 1.08. The summed E-state index contributed by atoms with van der Waals surface area (Å²) in [7, 11) is 0. The summed E-state index contributed by atoms with van der Waals surface area (Å²) >= 11 is 0. The predicted molar refractivity (Wildman–Crippen MR) is 354 cm³/mol. The van der Waals surface area contributed by atoms with E-state index in [9.17, 15) is 2.74 Å². The number of ether oxygens (including phenoxy) is 1. The molecule has 5 nitrogen and oxygen atoms in total. The molecule has 0 radical (unpaired) electrons. The van der Waals surface area contributed by atoms with Gasteiger partial charge in [0.15, 0.2) is 0 Å². The van der Waals surface area contributed by atoms with Gasteiger partial charge >= 0.3 is 0 Å². The van der Waals surface area contributed by atoms with Crippen molar-refractivity contribution in [3.63, 3.8) is 0 Å². The third-order valence-corrected chi connectivity index (χ3v) is 18.4. The fourth-order valence-electron chi connectivity index (χ4n) is 13.3. The van der Waals surface area contributed by atoms with Crippen LogP contribution in [0.15, 0.2) is 200 Å². The first-order valence-electron chi connectivity index (χ1n) is 32.6. The van der Waals surface area contributed by atoms with E-state index in [4.69, 9.17) is 13.8 Å². The zero-order chi connectivity index (χ0) is 63.5. The molecule has 2 aliphatic rings. The molecule has 85 heavy (non-hydrogen) atoms. The minimum Gasteiger partial charge on any atom is -0.458 e. The van der Waals surface area contributed by atoms with Gasteiger partial charge in [0, 0.05) is 23.0 Å². The highest BCUT2D eigenvalue weighted by Crippen LogP contribution is 2.53. The maximum absolute atomic E-state index is 9.50. The largest absolute Gasteiger partial charge is 0.458 e. The topological polar surface area (TPSA) is 35.9 Å².